The van der Waals surface area contributed by atoms with Crippen LogP contribution in [0.15, 0.2) is 42.6 Å². The summed E-state index contributed by atoms with van der Waals surface area (Å²) < 4.78 is 0. The first-order valence-electron chi connectivity index (χ1n) is 11.8. The molecule has 3 heterocycles. The maximum absolute atomic E-state index is 12.3. The van der Waals surface area contributed by atoms with Gasteiger partial charge in [-0.2, -0.15) is 0 Å². The third-order valence-corrected chi connectivity index (χ3v) is 5.64. The van der Waals surface area contributed by atoms with Crippen molar-refractivity contribution >= 4 is 41.1 Å². The summed E-state index contributed by atoms with van der Waals surface area (Å²) in [7, 11) is 3.45. The lowest BCUT2D eigenvalue weighted by Crippen LogP contribution is -2.33. The third kappa shape index (κ3) is 8.10. The van der Waals surface area contributed by atoms with Crippen molar-refractivity contribution in [1.82, 2.24) is 20.2 Å². The molecule has 0 spiro atoms. The maximum Gasteiger partial charge on any atom is 0.254 e. The van der Waals surface area contributed by atoms with Crippen molar-refractivity contribution in [2.45, 2.75) is 53.9 Å². The lowest BCUT2D eigenvalue weighted by molar-refractivity contribution is 0.0827. The summed E-state index contributed by atoms with van der Waals surface area (Å²) in [4.78, 5) is 21.4. The number of hydrogen-bond acceptors (Lipinski definition) is 4. The first kappa shape index (κ1) is 29.0. The van der Waals surface area contributed by atoms with Crippen molar-refractivity contribution in [1.29, 1.82) is 0 Å². The van der Waals surface area contributed by atoms with Crippen LogP contribution in [0.3, 0.4) is 0 Å². The van der Waals surface area contributed by atoms with Crippen LogP contribution in [0, 0.1) is 6.92 Å². The van der Waals surface area contributed by atoms with Crippen LogP contribution in [-0.2, 0) is 0 Å². The highest BCUT2D eigenvalue weighted by atomic mass is 32.2. The molecule has 5 nitrogen and oxygen atoms in total. The zero-order valence-electron chi connectivity index (χ0n) is 21.8. The fraction of sp³-hybridized carbons (Fsp3) is 0.357. The van der Waals surface area contributed by atoms with Gasteiger partial charge in [0.2, 0.25) is 0 Å². The van der Waals surface area contributed by atoms with Crippen LogP contribution in [0.1, 0.15) is 74.1 Å². The van der Waals surface area contributed by atoms with Crippen LogP contribution >= 0.6 is 11.8 Å². The van der Waals surface area contributed by atoms with Crippen LogP contribution in [0.25, 0.3) is 23.4 Å². The normalized spacial score (nSPS) is 13.8. The van der Waals surface area contributed by atoms with Gasteiger partial charge in [0.15, 0.2) is 0 Å². The lowest BCUT2D eigenvalue weighted by Gasteiger charge is -2.10. The molecule has 0 atom stereocenters. The number of nitrogens with zero attached hydrogens (tertiary/aromatic N) is 2. The van der Waals surface area contributed by atoms with E-state index in [0.29, 0.717) is 10.9 Å². The number of unbranched alkanes of at least 4 members (excludes halogenated alkanes) is 1. The van der Waals surface area contributed by atoms with Gasteiger partial charge in [0.05, 0.1) is 21.6 Å². The van der Waals surface area contributed by atoms with Gasteiger partial charge >= 0.3 is 0 Å². The van der Waals surface area contributed by atoms with Gasteiger partial charge in [0, 0.05) is 53.9 Å². The van der Waals surface area contributed by atoms with Crippen LogP contribution in [0.5, 0.6) is 0 Å². The molecule has 0 aromatic carbocycles. The van der Waals surface area contributed by atoms with Crippen molar-refractivity contribution in [2.24, 2.45) is 0 Å². The summed E-state index contributed by atoms with van der Waals surface area (Å²) in [5, 5.41) is 7.87. The monoisotopic (exact) mass is 480 g/mol. The molecule has 0 aliphatic carbocycles. The van der Waals surface area contributed by atoms with Crippen LogP contribution in [0.4, 0.5) is 0 Å². The highest BCUT2D eigenvalue weighted by Gasteiger charge is 2.18. The van der Waals surface area contributed by atoms with E-state index in [1.165, 1.54) is 24.2 Å². The lowest BCUT2D eigenvalue weighted by atomic mass is 10.1. The second kappa shape index (κ2) is 15.0. The second-order valence-electron chi connectivity index (χ2n) is 8.06. The Morgan fingerprint density at radius 1 is 1.21 bits per heavy atom. The molecule has 2 aromatic rings. The van der Waals surface area contributed by atoms with Gasteiger partial charge in [-0.05, 0) is 13.0 Å². The molecule has 1 aliphatic rings. The molecular formula is C28H40N4OS. The Bertz CT molecular complexity index is 1120. The van der Waals surface area contributed by atoms with E-state index < -0.39 is 0 Å². The quantitative estimate of drug-likeness (QED) is 0.543. The first-order chi connectivity index (χ1) is 16.2. The number of pyridine rings is 1. The Morgan fingerprint density at radius 3 is 2.41 bits per heavy atom. The highest BCUT2D eigenvalue weighted by Crippen LogP contribution is 2.33. The summed E-state index contributed by atoms with van der Waals surface area (Å²) in [6.07, 6.45) is 13.1. The van der Waals surface area contributed by atoms with E-state index in [-0.39, 0.29) is 5.91 Å². The molecule has 0 fully saturated rings. The van der Waals surface area contributed by atoms with Gasteiger partial charge < -0.3 is 15.2 Å². The number of hydrogen-bond donors (Lipinski definition) is 2. The molecule has 0 radical (unpaired) electrons. The summed E-state index contributed by atoms with van der Waals surface area (Å²) in [5.74, 6) is -0.0846. The fourth-order valence-electron chi connectivity index (χ4n) is 2.77. The van der Waals surface area contributed by atoms with Gasteiger partial charge in [-0.15, -0.1) is 0 Å². The standard InChI is InChI=1S/C21H22N4OS.C4H10.C3H8/c1-6-7-8-16-13(2)23-11-18(16)19-12-27-20(24-19)17-9-15(10-22-14(17)3)21(26)25(4)5;1-3-4-2;1-3-2/h6-12,23-24H,1,3H2,2,4-5H3;3-4H2,1-2H3;3H2,1-2H3/b8-7-,20-17+;;. The minimum Gasteiger partial charge on any atom is -0.364 e. The Hall–Kier alpha value is -2.99. The summed E-state index contributed by atoms with van der Waals surface area (Å²) >= 11 is 1.56. The zero-order valence-corrected chi connectivity index (χ0v) is 22.6. The number of allylic oxidation sites excluding steroid dienone is 2. The van der Waals surface area contributed by atoms with Crippen molar-refractivity contribution < 1.29 is 4.79 Å². The molecule has 2 aromatic heterocycles. The van der Waals surface area contributed by atoms with E-state index in [1.807, 2.05) is 31.3 Å². The Labute approximate surface area is 209 Å². The van der Waals surface area contributed by atoms with Crippen molar-refractivity contribution in [2.75, 3.05) is 14.1 Å². The number of aromatic nitrogens is 2. The average Bonchev–Trinajstić information content (AvgIpc) is 3.44. The van der Waals surface area contributed by atoms with E-state index in [1.54, 1.807) is 38.1 Å². The number of carbonyl (C=O) groups excluding carboxylic acids is 1. The molecule has 3 rings (SSSR count). The summed E-state index contributed by atoms with van der Waals surface area (Å²) in [6, 6.07) is 1.84. The number of nitrogens with one attached hydrogen (secondary N) is 2. The van der Waals surface area contributed by atoms with E-state index >= 15 is 0 Å². The molecule has 0 saturated heterocycles. The predicted molar refractivity (Wildman–Crippen MR) is 150 cm³/mol. The average molecular weight is 481 g/mol. The van der Waals surface area contributed by atoms with Crippen LogP contribution < -0.4 is 15.9 Å². The molecule has 0 saturated carbocycles. The van der Waals surface area contributed by atoms with Gasteiger partial charge in [-0.25, -0.2) is 0 Å². The summed E-state index contributed by atoms with van der Waals surface area (Å²) in [5.41, 5.74) is 4.80. The number of carbonyl (C=O) groups is 1. The second-order valence-corrected chi connectivity index (χ2v) is 8.94. The number of thioether (sulfide) groups is 1. The van der Waals surface area contributed by atoms with Crippen LogP contribution in [0.2, 0.25) is 0 Å². The Morgan fingerprint density at radius 2 is 1.85 bits per heavy atom. The number of rotatable bonds is 5. The maximum atomic E-state index is 12.3. The SMILES string of the molecule is C=C/C=C\c1c(C2=CS/C(=c3\cc(C(=O)N(C)C)cnc3=C)N2)c[nH]c1C.CCC.CCCC. The minimum atomic E-state index is -0.0846. The number of H-pyrrole nitrogens is 1. The molecule has 1 aliphatic heterocycles. The minimum absolute atomic E-state index is 0.0846. The number of aromatic amines is 1. The molecule has 1 amide bonds. The topological polar surface area (TPSA) is 61.0 Å². The van der Waals surface area contributed by atoms with Gasteiger partial charge in [0.1, 0.15) is 0 Å². The first-order valence-corrected chi connectivity index (χ1v) is 12.7. The van der Waals surface area contributed by atoms with Crippen molar-refractivity contribution in [3.05, 3.63) is 75.6 Å². The largest absolute Gasteiger partial charge is 0.364 e. The zero-order chi connectivity index (χ0) is 25.7. The highest BCUT2D eigenvalue weighted by molar-refractivity contribution is 8.11. The third-order valence-electron chi connectivity index (χ3n) is 4.73. The Balaban J connectivity index is 0.000000732. The van der Waals surface area contributed by atoms with E-state index in [2.05, 4.69) is 61.5 Å². The van der Waals surface area contributed by atoms with Crippen molar-refractivity contribution in [3.8, 4) is 0 Å². The molecule has 0 bridgehead atoms. The van der Waals surface area contributed by atoms with E-state index in [9.17, 15) is 4.79 Å². The van der Waals surface area contributed by atoms with Gasteiger partial charge in [-0.3, -0.25) is 9.78 Å². The van der Waals surface area contributed by atoms with E-state index in [4.69, 9.17) is 0 Å². The summed E-state index contributed by atoms with van der Waals surface area (Å²) in [6.45, 7) is 18.4. The van der Waals surface area contributed by atoms with E-state index in [0.717, 1.165) is 32.8 Å². The predicted octanol–water partition coefficient (Wildman–Crippen LogP) is 5.65. The Kier molecular flexibility index (Phi) is 12.8. The molecule has 34 heavy (non-hydrogen) atoms. The van der Waals surface area contributed by atoms with Crippen LogP contribution in [-0.4, -0.2) is 34.9 Å². The molecule has 2 N–H and O–H groups in total. The smallest absolute Gasteiger partial charge is 0.254 e. The number of aryl methyl sites for hydroxylation is 1. The van der Waals surface area contributed by atoms with Crippen molar-refractivity contribution in [3.63, 3.8) is 0 Å². The molecule has 6 heteroatoms. The fourth-order valence-corrected chi connectivity index (χ4v) is 3.66. The van der Waals surface area contributed by atoms with Gasteiger partial charge in [-0.1, -0.05) is 90.1 Å². The molecule has 0 unspecified atom stereocenters. The molecule has 184 valence electrons. The molecular weight excluding hydrogens is 440 g/mol. The number of amides is 1. The van der Waals surface area contributed by atoms with Gasteiger partial charge in [0.25, 0.3) is 5.91 Å².